The molecule has 110 valence electrons. The van der Waals surface area contributed by atoms with Gasteiger partial charge in [-0.05, 0) is 37.5 Å². The second-order valence-corrected chi connectivity index (χ2v) is 5.60. The third-order valence-corrected chi connectivity index (χ3v) is 4.17. The topological polar surface area (TPSA) is 43.8 Å². The molecule has 4 heteroatoms. The highest BCUT2D eigenvalue weighted by Gasteiger charge is 2.21. The second-order valence-electron chi connectivity index (χ2n) is 5.60. The predicted octanol–water partition coefficient (Wildman–Crippen LogP) is 1.88. The van der Waals surface area contributed by atoms with E-state index >= 15 is 0 Å². The highest BCUT2D eigenvalue weighted by molar-refractivity contribution is 5.73. The van der Waals surface area contributed by atoms with Crippen molar-refractivity contribution >= 4 is 5.91 Å². The number of carbonyl (C=O) groups is 1. The summed E-state index contributed by atoms with van der Waals surface area (Å²) in [5.41, 5.74) is 1.26. The highest BCUT2D eigenvalue weighted by Crippen LogP contribution is 2.15. The van der Waals surface area contributed by atoms with Crippen molar-refractivity contribution < 1.29 is 9.90 Å². The van der Waals surface area contributed by atoms with Gasteiger partial charge in [0.1, 0.15) is 5.75 Å². The number of aromatic hydroxyl groups is 1. The van der Waals surface area contributed by atoms with Gasteiger partial charge in [-0.25, -0.2) is 0 Å². The predicted molar refractivity (Wildman–Crippen MR) is 79.7 cm³/mol. The van der Waals surface area contributed by atoms with Gasteiger partial charge in [0.2, 0.25) is 5.91 Å². The molecule has 1 unspecified atom stereocenters. The molecule has 0 radical (unpaired) electrons. The molecule has 2 rings (SSSR count). The third kappa shape index (κ3) is 3.97. The highest BCUT2D eigenvalue weighted by atomic mass is 16.3. The lowest BCUT2D eigenvalue weighted by Gasteiger charge is -2.37. The zero-order valence-corrected chi connectivity index (χ0v) is 12.4. The van der Waals surface area contributed by atoms with Gasteiger partial charge in [-0.1, -0.05) is 12.1 Å². The fourth-order valence-electron chi connectivity index (χ4n) is 2.70. The molecule has 1 heterocycles. The number of rotatable bonds is 4. The maximum atomic E-state index is 11.3. The number of nitrogens with zero attached hydrogens (tertiary/aromatic N) is 2. The van der Waals surface area contributed by atoms with E-state index < -0.39 is 0 Å². The molecular weight excluding hydrogens is 252 g/mol. The van der Waals surface area contributed by atoms with Crippen molar-refractivity contribution in [2.75, 3.05) is 26.2 Å². The van der Waals surface area contributed by atoms with Crippen molar-refractivity contribution in [2.24, 2.45) is 0 Å². The van der Waals surface area contributed by atoms with E-state index in [1.165, 1.54) is 5.56 Å². The van der Waals surface area contributed by atoms with E-state index in [1.54, 1.807) is 19.1 Å². The summed E-state index contributed by atoms with van der Waals surface area (Å²) in [6.45, 7) is 7.53. The van der Waals surface area contributed by atoms with E-state index in [0.717, 1.165) is 39.0 Å². The van der Waals surface area contributed by atoms with Gasteiger partial charge < -0.3 is 10.0 Å². The molecule has 1 N–H and O–H groups in total. The number of piperazine rings is 1. The summed E-state index contributed by atoms with van der Waals surface area (Å²) < 4.78 is 0. The summed E-state index contributed by atoms with van der Waals surface area (Å²) in [6, 6.07) is 7.97. The molecule has 0 spiro atoms. The molecule has 20 heavy (non-hydrogen) atoms. The van der Waals surface area contributed by atoms with E-state index in [1.807, 2.05) is 17.0 Å². The molecule has 0 saturated carbocycles. The summed E-state index contributed by atoms with van der Waals surface area (Å²) in [4.78, 5) is 15.7. The Balaban J connectivity index is 1.76. The van der Waals surface area contributed by atoms with Gasteiger partial charge in [-0.3, -0.25) is 9.69 Å². The van der Waals surface area contributed by atoms with E-state index in [4.69, 9.17) is 0 Å². The normalized spacial score (nSPS) is 18.0. The number of aryl methyl sites for hydroxylation is 1. The standard InChI is InChI=1S/C16H24N2O2/c1-13(3-4-15-5-7-16(20)8-6-15)17-9-11-18(12-10-17)14(2)19/h5-8,13,20H,3-4,9-12H2,1-2H3. The summed E-state index contributed by atoms with van der Waals surface area (Å²) in [6.07, 6.45) is 2.12. The number of phenols is 1. The second kappa shape index (κ2) is 6.75. The van der Waals surface area contributed by atoms with Crippen molar-refractivity contribution in [3.63, 3.8) is 0 Å². The smallest absolute Gasteiger partial charge is 0.219 e. The van der Waals surface area contributed by atoms with Gasteiger partial charge in [0.05, 0.1) is 0 Å². The maximum absolute atomic E-state index is 11.3. The lowest BCUT2D eigenvalue weighted by atomic mass is 10.0. The lowest BCUT2D eigenvalue weighted by molar-refractivity contribution is -0.130. The lowest BCUT2D eigenvalue weighted by Crippen LogP contribution is -2.50. The van der Waals surface area contributed by atoms with Crippen molar-refractivity contribution in [1.82, 2.24) is 9.80 Å². The molecule has 0 bridgehead atoms. The van der Waals surface area contributed by atoms with Crippen LogP contribution < -0.4 is 0 Å². The van der Waals surface area contributed by atoms with Crippen molar-refractivity contribution in [2.45, 2.75) is 32.7 Å². The molecule has 1 fully saturated rings. The van der Waals surface area contributed by atoms with Crippen LogP contribution in [0, 0.1) is 0 Å². The number of hydrogen-bond acceptors (Lipinski definition) is 3. The van der Waals surface area contributed by atoms with E-state index in [2.05, 4.69) is 11.8 Å². The van der Waals surface area contributed by atoms with Crippen molar-refractivity contribution in [3.8, 4) is 5.75 Å². The Morgan fingerprint density at radius 3 is 2.35 bits per heavy atom. The number of hydrogen-bond donors (Lipinski definition) is 1. The first kappa shape index (κ1) is 14.9. The van der Waals surface area contributed by atoms with Crippen LogP contribution in [-0.4, -0.2) is 53.0 Å². The molecule has 0 aromatic heterocycles. The molecule has 4 nitrogen and oxygen atoms in total. The molecule has 0 aliphatic carbocycles. The van der Waals surface area contributed by atoms with E-state index in [9.17, 15) is 9.90 Å². The van der Waals surface area contributed by atoms with Crippen LogP contribution in [0.4, 0.5) is 0 Å². The Morgan fingerprint density at radius 1 is 1.20 bits per heavy atom. The minimum absolute atomic E-state index is 0.182. The summed E-state index contributed by atoms with van der Waals surface area (Å²) in [7, 11) is 0. The fourth-order valence-corrected chi connectivity index (χ4v) is 2.70. The van der Waals surface area contributed by atoms with Crippen LogP contribution in [0.15, 0.2) is 24.3 Å². The van der Waals surface area contributed by atoms with Gasteiger partial charge in [0.25, 0.3) is 0 Å². The summed E-state index contributed by atoms with van der Waals surface area (Å²) in [5.74, 6) is 0.503. The van der Waals surface area contributed by atoms with Crippen LogP contribution in [0.3, 0.4) is 0 Å². The van der Waals surface area contributed by atoms with Gasteiger partial charge in [0.15, 0.2) is 0 Å². The van der Waals surface area contributed by atoms with Crippen LogP contribution >= 0.6 is 0 Å². The van der Waals surface area contributed by atoms with E-state index in [-0.39, 0.29) is 5.91 Å². The minimum atomic E-state index is 0.182. The monoisotopic (exact) mass is 276 g/mol. The van der Waals surface area contributed by atoms with Crippen LogP contribution in [0.5, 0.6) is 5.75 Å². The Bertz CT molecular complexity index is 436. The Hall–Kier alpha value is -1.55. The average molecular weight is 276 g/mol. The Labute approximate surface area is 121 Å². The molecule has 1 atom stereocenters. The minimum Gasteiger partial charge on any atom is -0.508 e. The largest absolute Gasteiger partial charge is 0.508 e. The van der Waals surface area contributed by atoms with Gasteiger partial charge in [-0.2, -0.15) is 0 Å². The fraction of sp³-hybridized carbons (Fsp3) is 0.562. The first-order chi connectivity index (χ1) is 9.56. The number of benzene rings is 1. The van der Waals surface area contributed by atoms with Gasteiger partial charge >= 0.3 is 0 Å². The number of carbonyl (C=O) groups excluding carboxylic acids is 1. The molecule has 1 amide bonds. The number of amides is 1. The average Bonchev–Trinajstić information content (AvgIpc) is 2.46. The zero-order chi connectivity index (χ0) is 14.5. The summed E-state index contributed by atoms with van der Waals surface area (Å²) >= 11 is 0. The maximum Gasteiger partial charge on any atom is 0.219 e. The molecule has 1 aliphatic heterocycles. The van der Waals surface area contributed by atoms with Crippen molar-refractivity contribution in [3.05, 3.63) is 29.8 Å². The van der Waals surface area contributed by atoms with Crippen molar-refractivity contribution in [1.29, 1.82) is 0 Å². The van der Waals surface area contributed by atoms with Crippen LogP contribution in [0.1, 0.15) is 25.8 Å². The summed E-state index contributed by atoms with van der Waals surface area (Å²) in [5, 5.41) is 9.27. The zero-order valence-electron chi connectivity index (χ0n) is 12.4. The first-order valence-corrected chi connectivity index (χ1v) is 7.33. The first-order valence-electron chi connectivity index (χ1n) is 7.33. The Morgan fingerprint density at radius 2 is 1.80 bits per heavy atom. The Kier molecular flexibility index (Phi) is 5.01. The molecule has 1 aromatic carbocycles. The van der Waals surface area contributed by atoms with Crippen LogP contribution in [0.25, 0.3) is 0 Å². The van der Waals surface area contributed by atoms with Crippen LogP contribution in [-0.2, 0) is 11.2 Å². The molecular formula is C16H24N2O2. The van der Waals surface area contributed by atoms with Crippen LogP contribution in [0.2, 0.25) is 0 Å². The third-order valence-electron chi connectivity index (χ3n) is 4.17. The van der Waals surface area contributed by atoms with Gasteiger partial charge in [0, 0.05) is 39.1 Å². The molecule has 1 saturated heterocycles. The quantitative estimate of drug-likeness (QED) is 0.913. The van der Waals surface area contributed by atoms with E-state index in [0.29, 0.717) is 11.8 Å². The molecule has 1 aliphatic rings. The SMILES string of the molecule is CC(=O)N1CCN(C(C)CCc2ccc(O)cc2)CC1. The van der Waals surface area contributed by atoms with Gasteiger partial charge in [-0.15, -0.1) is 0 Å². The molecule has 1 aromatic rings. The number of phenolic OH excluding ortho intramolecular Hbond substituents is 1.